The minimum Gasteiger partial charge on any atom is -0.462 e. The number of hydrogen-bond donors (Lipinski definition) is 1. The average molecular weight is 474 g/mol. The monoisotopic (exact) mass is 474 g/mol. The van der Waals surface area contributed by atoms with E-state index in [2.05, 4.69) is 0 Å². The Balaban J connectivity index is 2.46. The second-order valence-corrected chi connectivity index (χ2v) is 7.86. The third kappa shape index (κ3) is 5.69. The number of thiophene rings is 1. The highest BCUT2D eigenvalue weighted by molar-refractivity contribution is 7.18. The van der Waals surface area contributed by atoms with Crippen molar-refractivity contribution in [2.75, 3.05) is 25.0 Å². The smallest absolute Gasteiger partial charge is 0.409 e. The van der Waals surface area contributed by atoms with Gasteiger partial charge >= 0.3 is 18.3 Å². The predicted molar refractivity (Wildman–Crippen MR) is 99.0 cm³/mol. The molecule has 1 N–H and O–H groups in total. The first-order valence-corrected chi connectivity index (χ1v) is 10.1. The van der Waals surface area contributed by atoms with Gasteiger partial charge in [-0.2, -0.15) is 26.3 Å². The van der Waals surface area contributed by atoms with Crippen LogP contribution in [0.15, 0.2) is 0 Å². The van der Waals surface area contributed by atoms with Gasteiger partial charge in [0.25, 0.3) is 5.91 Å². The Kier molecular flexibility index (Phi) is 7.61. The van der Waals surface area contributed by atoms with Crippen molar-refractivity contribution in [3.05, 3.63) is 16.0 Å². The Morgan fingerprint density at radius 1 is 1.06 bits per heavy atom. The molecule has 1 saturated heterocycles. The molecule has 31 heavy (non-hydrogen) atoms. The summed E-state index contributed by atoms with van der Waals surface area (Å²) in [5.41, 5.74) is -0.423. The number of halogens is 6. The van der Waals surface area contributed by atoms with Crippen LogP contribution in [0.4, 0.5) is 31.3 Å². The minimum atomic E-state index is -5.90. The zero-order valence-corrected chi connectivity index (χ0v) is 17.4. The van der Waals surface area contributed by atoms with Crippen LogP contribution in [-0.4, -0.2) is 54.7 Å². The van der Waals surface area contributed by atoms with Crippen LogP contribution in [0.3, 0.4) is 0 Å². The average Bonchev–Trinajstić information content (AvgIpc) is 2.95. The van der Waals surface area contributed by atoms with Gasteiger partial charge in [0, 0.05) is 13.1 Å². The van der Waals surface area contributed by atoms with Gasteiger partial charge < -0.3 is 15.0 Å². The molecular formula is C18H20F6N2O4S. The number of carbonyl (C=O) groups is 3. The SMILES string of the molecule is CCOC(=O)c1c(NC(=O)C(C(F)(F)F)C(F)(F)F)sc(C(=O)N2CCCCC2)c1C. The summed E-state index contributed by atoms with van der Waals surface area (Å²) in [6.45, 7) is 3.49. The van der Waals surface area contributed by atoms with Crippen molar-refractivity contribution >= 4 is 34.1 Å². The van der Waals surface area contributed by atoms with Gasteiger partial charge in [0.2, 0.25) is 11.8 Å². The number of hydrogen-bond acceptors (Lipinski definition) is 5. The molecule has 13 heteroatoms. The number of nitrogens with zero attached hydrogens (tertiary/aromatic N) is 1. The molecule has 1 aromatic rings. The number of rotatable bonds is 5. The standard InChI is InChI=1S/C18H20F6N2O4S/c1-3-30-16(29)10-9(2)11(15(28)26-7-5-4-6-8-26)31-14(10)25-13(27)12(17(19,20)21)18(22,23)24/h12H,3-8H2,1-2H3,(H,25,27). The van der Waals surface area contributed by atoms with E-state index < -0.39 is 46.6 Å². The molecule has 0 spiro atoms. The normalized spacial score (nSPS) is 15.2. The van der Waals surface area contributed by atoms with Crippen LogP contribution in [0.1, 0.15) is 51.8 Å². The van der Waals surface area contributed by atoms with Crippen LogP contribution in [0.25, 0.3) is 0 Å². The molecule has 2 rings (SSSR count). The van der Waals surface area contributed by atoms with Crippen LogP contribution in [0, 0.1) is 12.8 Å². The number of anilines is 1. The molecule has 1 fully saturated rings. The van der Waals surface area contributed by atoms with Crippen molar-refractivity contribution in [1.29, 1.82) is 0 Å². The van der Waals surface area contributed by atoms with Crippen molar-refractivity contribution in [2.24, 2.45) is 5.92 Å². The first-order valence-electron chi connectivity index (χ1n) is 9.33. The van der Waals surface area contributed by atoms with Crippen molar-refractivity contribution in [3.8, 4) is 0 Å². The summed E-state index contributed by atoms with van der Waals surface area (Å²) in [7, 11) is 0. The summed E-state index contributed by atoms with van der Waals surface area (Å²) in [5, 5.41) is 0.953. The van der Waals surface area contributed by atoms with Crippen LogP contribution >= 0.6 is 11.3 Å². The van der Waals surface area contributed by atoms with Gasteiger partial charge in [0.05, 0.1) is 17.0 Å². The third-order valence-corrected chi connectivity index (χ3v) is 5.81. The molecule has 2 heterocycles. The maximum Gasteiger partial charge on any atom is 0.409 e. The highest BCUT2D eigenvalue weighted by Gasteiger charge is 2.61. The van der Waals surface area contributed by atoms with Crippen LogP contribution in [0.5, 0.6) is 0 Å². The molecule has 0 bridgehead atoms. The molecule has 0 saturated carbocycles. The van der Waals surface area contributed by atoms with Gasteiger partial charge in [-0.3, -0.25) is 9.59 Å². The number of likely N-dealkylation sites (tertiary alicyclic amines) is 1. The lowest BCUT2D eigenvalue weighted by Gasteiger charge is -2.26. The number of esters is 1. The Bertz CT molecular complexity index is 829. The summed E-state index contributed by atoms with van der Waals surface area (Å²) in [6, 6.07) is 0. The number of nitrogens with one attached hydrogen (secondary N) is 1. The summed E-state index contributed by atoms with van der Waals surface area (Å²) in [5.74, 6) is -8.28. The van der Waals surface area contributed by atoms with E-state index in [1.54, 1.807) is 5.32 Å². The maximum atomic E-state index is 12.9. The molecule has 0 radical (unpaired) electrons. The summed E-state index contributed by atoms with van der Waals surface area (Å²) < 4.78 is 82.1. The topological polar surface area (TPSA) is 75.7 Å². The maximum absolute atomic E-state index is 12.9. The fraction of sp³-hybridized carbons (Fsp3) is 0.611. The molecular weight excluding hydrogens is 454 g/mol. The lowest BCUT2D eigenvalue weighted by Crippen LogP contribution is -2.45. The summed E-state index contributed by atoms with van der Waals surface area (Å²) in [4.78, 5) is 38.5. The quantitative estimate of drug-likeness (QED) is 0.502. The molecule has 1 aromatic heterocycles. The van der Waals surface area contributed by atoms with Gasteiger partial charge in [0.15, 0.2) is 0 Å². The molecule has 2 amide bonds. The van der Waals surface area contributed by atoms with E-state index in [9.17, 15) is 40.7 Å². The Hall–Kier alpha value is -2.31. The molecule has 0 atom stereocenters. The first-order chi connectivity index (χ1) is 14.3. The van der Waals surface area contributed by atoms with Crippen LogP contribution in [-0.2, 0) is 9.53 Å². The van der Waals surface area contributed by atoms with Gasteiger partial charge in [-0.25, -0.2) is 4.79 Å². The van der Waals surface area contributed by atoms with Crippen molar-refractivity contribution in [1.82, 2.24) is 4.90 Å². The van der Waals surface area contributed by atoms with Crippen molar-refractivity contribution in [3.63, 3.8) is 0 Å². The van der Waals surface area contributed by atoms with Crippen molar-refractivity contribution < 1.29 is 45.5 Å². The zero-order valence-electron chi connectivity index (χ0n) is 16.6. The summed E-state index contributed by atoms with van der Waals surface area (Å²) >= 11 is 0.450. The van der Waals surface area contributed by atoms with E-state index in [0.29, 0.717) is 24.4 Å². The zero-order chi connectivity index (χ0) is 23.6. The molecule has 6 nitrogen and oxygen atoms in total. The number of carbonyl (C=O) groups excluding carboxylic acids is 3. The summed E-state index contributed by atoms with van der Waals surface area (Å²) in [6.07, 6.45) is -9.40. The minimum absolute atomic E-state index is 0.0184. The second kappa shape index (κ2) is 9.45. The Morgan fingerprint density at radius 2 is 1.61 bits per heavy atom. The first kappa shape index (κ1) is 25.0. The van der Waals surface area contributed by atoms with Crippen LogP contribution in [0.2, 0.25) is 0 Å². The third-order valence-electron chi connectivity index (χ3n) is 4.62. The molecule has 1 aliphatic heterocycles. The Morgan fingerprint density at radius 3 is 2.10 bits per heavy atom. The van der Waals surface area contributed by atoms with Gasteiger partial charge in [0.1, 0.15) is 5.00 Å². The lowest BCUT2D eigenvalue weighted by atomic mass is 10.1. The molecule has 0 unspecified atom stereocenters. The fourth-order valence-electron chi connectivity index (χ4n) is 3.16. The number of amides is 2. The van der Waals surface area contributed by atoms with E-state index in [1.165, 1.54) is 18.7 Å². The number of alkyl halides is 6. The van der Waals surface area contributed by atoms with E-state index in [1.807, 2.05) is 0 Å². The molecule has 1 aliphatic rings. The van der Waals surface area contributed by atoms with Gasteiger partial charge in [-0.05, 0) is 38.7 Å². The fourth-order valence-corrected chi connectivity index (χ4v) is 4.33. The molecule has 0 aromatic carbocycles. The Labute approximate surface area is 177 Å². The lowest BCUT2D eigenvalue weighted by molar-refractivity contribution is -0.272. The van der Waals surface area contributed by atoms with Gasteiger partial charge in [-0.1, -0.05) is 0 Å². The van der Waals surface area contributed by atoms with Gasteiger partial charge in [-0.15, -0.1) is 11.3 Å². The van der Waals surface area contributed by atoms with Crippen molar-refractivity contribution in [2.45, 2.75) is 45.5 Å². The molecule has 0 aliphatic carbocycles. The number of ether oxygens (including phenoxy) is 1. The van der Waals surface area contributed by atoms with E-state index in [0.717, 1.165) is 19.3 Å². The molecule has 174 valence electrons. The van der Waals surface area contributed by atoms with E-state index in [-0.39, 0.29) is 17.0 Å². The predicted octanol–water partition coefficient (Wildman–Crippen LogP) is 4.54. The van der Waals surface area contributed by atoms with Crippen LogP contribution < -0.4 is 5.32 Å². The largest absolute Gasteiger partial charge is 0.462 e. The van der Waals surface area contributed by atoms with E-state index >= 15 is 0 Å². The number of piperidine rings is 1. The second-order valence-electron chi connectivity index (χ2n) is 6.84. The highest BCUT2D eigenvalue weighted by atomic mass is 32.1. The van der Waals surface area contributed by atoms with E-state index in [4.69, 9.17) is 4.74 Å². The highest BCUT2D eigenvalue weighted by Crippen LogP contribution is 2.41.